The molecule has 1 atom stereocenters. The number of rotatable bonds is 2. The summed E-state index contributed by atoms with van der Waals surface area (Å²) in [6.07, 6.45) is 1.14. The van der Waals surface area contributed by atoms with Crippen molar-refractivity contribution >= 4 is 0 Å². The van der Waals surface area contributed by atoms with Gasteiger partial charge in [0.2, 0.25) is 5.91 Å². The standard InChI is InChI=1S/C8H17NO2/c1-7-5-6-9(2)8(7,10-3)11-4/h7H,5-6H2,1-4H3. The predicted octanol–water partition coefficient (Wildman–Crippen LogP) is 0.905. The van der Waals surface area contributed by atoms with Gasteiger partial charge in [-0.05, 0) is 13.5 Å². The minimum Gasteiger partial charge on any atom is -0.340 e. The van der Waals surface area contributed by atoms with Crippen molar-refractivity contribution in [3.05, 3.63) is 0 Å². The zero-order valence-corrected chi connectivity index (χ0v) is 7.76. The Hall–Kier alpha value is -0.120. The Morgan fingerprint density at radius 2 is 1.91 bits per heavy atom. The number of ether oxygens (including phenoxy) is 2. The van der Waals surface area contributed by atoms with Crippen LogP contribution in [-0.4, -0.2) is 38.6 Å². The van der Waals surface area contributed by atoms with Crippen molar-refractivity contribution < 1.29 is 9.47 Å². The van der Waals surface area contributed by atoms with Crippen LogP contribution >= 0.6 is 0 Å². The van der Waals surface area contributed by atoms with Crippen molar-refractivity contribution in [1.29, 1.82) is 0 Å². The molecule has 0 saturated carbocycles. The van der Waals surface area contributed by atoms with Crippen LogP contribution in [0.15, 0.2) is 0 Å². The molecule has 1 aliphatic rings. The maximum Gasteiger partial charge on any atom is 0.231 e. The summed E-state index contributed by atoms with van der Waals surface area (Å²) in [6, 6.07) is 0. The van der Waals surface area contributed by atoms with Crippen LogP contribution in [-0.2, 0) is 9.47 Å². The molecule has 0 radical (unpaired) electrons. The number of nitrogens with zero attached hydrogens (tertiary/aromatic N) is 1. The first kappa shape index (κ1) is 8.97. The van der Waals surface area contributed by atoms with E-state index in [2.05, 4.69) is 11.8 Å². The van der Waals surface area contributed by atoms with Gasteiger partial charge in [-0.15, -0.1) is 0 Å². The van der Waals surface area contributed by atoms with Crippen LogP contribution in [0.5, 0.6) is 0 Å². The van der Waals surface area contributed by atoms with E-state index < -0.39 is 5.91 Å². The SMILES string of the molecule is COC1(OC)C(C)CCN1C. The third kappa shape index (κ3) is 1.17. The van der Waals surface area contributed by atoms with Gasteiger partial charge in [-0.2, -0.15) is 0 Å². The Morgan fingerprint density at radius 1 is 1.36 bits per heavy atom. The average molecular weight is 159 g/mol. The van der Waals surface area contributed by atoms with E-state index in [1.807, 2.05) is 7.05 Å². The second-order valence-electron chi connectivity index (χ2n) is 3.15. The fourth-order valence-electron chi connectivity index (χ4n) is 1.90. The summed E-state index contributed by atoms with van der Waals surface area (Å²) in [4.78, 5) is 2.11. The van der Waals surface area contributed by atoms with E-state index in [9.17, 15) is 0 Å². The Labute approximate surface area is 68.3 Å². The van der Waals surface area contributed by atoms with Crippen LogP contribution in [0.3, 0.4) is 0 Å². The molecule has 1 aliphatic heterocycles. The summed E-state index contributed by atoms with van der Waals surface area (Å²) in [5.41, 5.74) is 0. The molecule has 0 spiro atoms. The second kappa shape index (κ2) is 3.09. The van der Waals surface area contributed by atoms with E-state index in [1.54, 1.807) is 14.2 Å². The number of hydrogen-bond acceptors (Lipinski definition) is 3. The third-order valence-electron chi connectivity index (χ3n) is 2.64. The van der Waals surface area contributed by atoms with Gasteiger partial charge in [-0.3, -0.25) is 4.90 Å². The molecule has 0 amide bonds. The minimum atomic E-state index is -0.472. The Balaban J connectivity index is 2.76. The zero-order valence-electron chi connectivity index (χ0n) is 7.76. The first-order valence-electron chi connectivity index (χ1n) is 3.99. The highest BCUT2D eigenvalue weighted by Gasteiger charge is 2.45. The highest BCUT2D eigenvalue weighted by Crippen LogP contribution is 2.34. The summed E-state index contributed by atoms with van der Waals surface area (Å²) in [7, 11) is 5.42. The van der Waals surface area contributed by atoms with Crippen molar-refractivity contribution in [2.24, 2.45) is 5.92 Å². The van der Waals surface area contributed by atoms with Crippen molar-refractivity contribution in [3.8, 4) is 0 Å². The van der Waals surface area contributed by atoms with Crippen molar-refractivity contribution in [1.82, 2.24) is 4.90 Å². The lowest BCUT2D eigenvalue weighted by Crippen LogP contribution is -2.48. The van der Waals surface area contributed by atoms with E-state index in [1.165, 1.54) is 0 Å². The Morgan fingerprint density at radius 3 is 2.09 bits per heavy atom. The highest BCUT2D eigenvalue weighted by molar-refractivity contribution is 4.83. The van der Waals surface area contributed by atoms with Crippen LogP contribution in [0.1, 0.15) is 13.3 Å². The minimum absolute atomic E-state index is 0.447. The first-order chi connectivity index (χ1) is 5.17. The molecule has 11 heavy (non-hydrogen) atoms. The third-order valence-corrected chi connectivity index (χ3v) is 2.64. The molecule has 1 saturated heterocycles. The lowest BCUT2D eigenvalue weighted by molar-refractivity contribution is -0.292. The van der Waals surface area contributed by atoms with E-state index >= 15 is 0 Å². The number of likely N-dealkylation sites (tertiary alicyclic amines) is 1. The molecule has 3 heteroatoms. The molecule has 1 rings (SSSR count). The summed E-state index contributed by atoms with van der Waals surface area (Å²) in [5.74, 6) is -0.0255. The normalized spacial score (nSPS) is 31.1. The van der Waals surface area contributed by atoms with Gasteiger partial charge in [0, 0.05) is 26.7 Å². The van der Waals surface area contributed by atoms with E-state index in [0.29, 0.717) is 5.92 Å². The van der Waals surface area contributed by atoms with Crippen LogP contribution in [0.4, 0.5) is 0 Å². The Bertz CT molecular complexity index is 122. The molecule has 0 aromatic heterocycles. The number of methoxy groups -OCH3 is 2. The van der Waals surface area contributed by atoms with Gasteiger partial charge >= 0.3 is 0 Å². The summed E-state index contributed by atoms with van der Waals surface area (Å²) >= 11 is 0. The summed E-state index contributed by atoms with van der Waals surface area (Å²) < 4.78 is 10.8. The molecular weight excluding hydrogens is 142 g/mol. The molecule has 0 aromatic rings. The van der Waals surface area contributed by atoms with E-state index in [4.69, 9.17) is 9.47 Å². The zero-order chi connectivity index (χ0) is 8.48. The maximum absolute atomic E-state index is 5.38. The topological polar surface area (TPSA) is 21.7 Å². The van der Waals surface area contributed by atoms with Crippen molar-refractivity contribution in [2.75, 3.05) is 27.8 Å². The Kier molecular flexibility index (Phi) is 2.52. The first-order valence-corrected chi connectivity index (χ1v) is 3.99. The molecule has 0 aliphatic carbocycles. The summed E-state index contributed by atoms with van der Waals surface area (Å²) in [5, 5.41) is 0. The van der Waals surface area contributed by atoms with E-state index in [0.717, 1.165) is 13.0 Å². The highest BCUT2D eigenvalue weighted by atomic mass is 16.7. The van der Waals surface area contributed by atoms with Crippen LogP contribution < -0.4 is 0 Å². The molecule has 1 unspecified atom stereocenters. The van der Waals surface area contributed by atoms with Gasteiger partial charge in [0.05, 0.1) is 0 Å². The predicted molar refractivity (Wildman–Crippen MR) is 43.2 cm³/mol. The van der Waals surface area contributed by atoms with Gasteiger partial charge in [-0.1, -0.05) is 6.92 Å². The fourth-order valence-corrected chi connectivity index (χ4v) is 1.90. The molecule has 0 aromatic carbocycles. The average Bonchev–Trinajstić information content (AvgIpc) is 2.29. The quantitative estimate of drug-likeness (QED) is 0.559. The molecule has 0 bridgehead atoms. The van der Waals surface area contributed by atoms with Gasteiger partial charge < -0.3 is 9.47 Å². The monoisotopic (exact) mass is 159 g/mol. The van der Waals surface area contributed by atoms with Crippen LogP contribution in [0, 0.1) is 5.92 Å². The number of hydrogen-bond donors (Lipinski definition) is 0. The van der Waals surface area contributed by atoms with Gasteiger partial charge in [0.25, 0.3) is 0 Å². The lowest BCUT2D eigenvalue weighted by Gasteiger charge is -2.36. The fraction of sp³-hybridized carbons (Fsp3) is 1.00. The van der Waals surface area contributed by atoms with Gasteiger partial charge in [-0.25, -0.2) is 0 Å². The van der Waals surface area contributed by atoms with Crippen LogP contribution in [0.2, 0.25) is 0 Å². The summed E-state index contributed by atoms with van der Waals surface area (Å²) in [6.45, 7) is 3.19. The smallest absolute Gasteiger partial charge is 0.231 e. The molecule has 1 heterocycles. The van der Waals surface area contributed by atoms with Crippen LogP contribution in [0.25, 0.3) is 0 Å². The van der Waals surface area contributed by atoms with Gasteiger partial charge in [0.15, 0.2) is 0 Å². The van der Waals surface area contributed by atoms with E-state index in [-0.39, 0.29) is 0 Å². The molecule has 66 valence electrons. The van der Waals surface area contributed by atoms with Crippen molar-refractivity contribution in [3.63, 3.8) is 0 Å². The molecule has 0 N–H and O–H groups in total. The molecular formula is C8H17NO2. The molecule has 3 nitrogen and oxygen atoms in total. The lowest BCUT2D eigenvalue weighted by atomic mass is 10.1. The van der Waals surface area contributed by atoms with Gasteiger partial charge in [0.1, 0.15) is 0 Å². The molecule has 1 fully saturated rings. The maximum atomic E-state index is 5.38. The second-order valence-corrected chi connectivity index (χ2v) is 3.15. The largest absolute Gasteiger partial charge is 0.340 e. The van der Waals surface area contributed by atoms with Crippen molar-refractivity contribution in [2.45, 2.75) is 19.3 Å².